The van der Waals surface area contributed by atoms with Gasteiger partial charge >= 0.3 is 0 Å². The van der Waals surface area contributed by atoms with Crippen LogP contribution < -0.4 is 9.47 Å². The first-order valence-electron chi connectivity index (χ1n) is 6.69. The molecule has 0 spiro atoms. The van der Waals surface area contributed by atoms with Crippen LogP contribution in [0.4, 0.5) is 0 Å². The predicted molar refractivity (Wildman–Crippen MR) is 79.5 cm³/mol. The zero-order chi connectivity index (χ0) is 13.9. The molecule has 5 heteroatoms. The molecule has 4 nitrogen and oxygen atoms in total. The lowest BCUT2D eigenvalue weighted by Gasteiger charge is -2.20. The third kappa shape index (κ3) is 3.11. The van der Waals surface area contributed by atoms with Crippen LogP contribution in [0.25, 0.3) is 0 Å². The van der Waals surface area contributed by atoms with Gasteiger partial charge in [-0.3, -0.25) is 4.90 Å². The number of hydrogen-bond donors (Lipinski definition) is 0. The van der Waals surface area contributed by atoms with Crippen molar-refractivity contribution in [2.75, 3.05) is 20.3 Å². The molecular formula is C15H18N2O2S. The van der Waals surface area contributed by atoms with E-state index in [-0.39, 0.29) is 0 Å². The summed E-state index contributed by atoms with van der Waals surface area (Å²) in [6, 6.07) is 6.15. The monoisotopic (exact) mass is 290 g/mol. The van der Waals surface area contributed by atoms with Crippen molar-refractivity contribution in [1.82, 2.24) is 9.88 Å². The number of fused-ring (bicyclic) bond motifs is 1. The summed E-state index contributed by atoms with van der Waals surface area (Å²) < 4.78 is 11.1. The molecule has 0 aliphatic carbocycles. The van der Waals surface area contributed by atoms with E-state index >= 15 is 0 Å². The average molecular weight is 290 g/mol. The minimum atomic E-state index is 0.629. The van der Waals surface area contributed by atoms with E-state index < -0.39 is 0 Å². The van der Waals surface area contributed by atoms with Gasteiger partial charge in [0.2, 0.25) is 0 Å². The molecule has 20 heavy (non-hydrogen) atoms. The van der Waals surface area contributed by atoms with Crippen LogP contribution in [0, 0.1) is 6.92 Å². The number of aromatic nitrogens is 1. The van der Waals surface area contributed by atoms with E-state index in [1.165, 1.54) is 5.56 Å². The number of aryl methyl sites for hydroxylation is 1. The number of ether oxygens (including phenoxy) is 2. The first-order chi connectivity index (χ1) is 9.70. The molecule has 0 atom stereocenters. The van der Waals surface area contributed by atoms with Gasteiger partial charge in [-0.2, -0.15) is 0 Å². The normalized spacial score (nSPS) is 13.8. The predicted octanol–water partition coefficient (Wildman–Crippen LogP) is 2.85. The molecule has 0 amide bonds. The summed E-state index contributed by atoms with van der Waals surface area (Å²) in [6.07, 6.45) is 0. The lowest BCUT2D eigenvalue weighted by Crippen LogP contribution is -2.18. The molecule has 0 unspecified atom stereocenters. The summed E-state index contributed by atoms with van der Waals surface area (Å²) in [5, 5.41) is 3.24. The minimum absolute atomic E-state index is 0.629. The molecule has 106 valence electrons. The van der Waals surface area contributed by atoms with Gasteiger partial charge in [0.25, 0.3) is 0 Å². The molecule has 2 aromatic rings. The van der Waals surface area contributed by atoms with E-state index in [0.29, 0.717) is 13.2 Å². The first-order valence-corrected chi connectivity index (χ1v) is 7.57. The van der Waals surface area contributed by atoms with Crippen LogP contribution in [0.2, 0.25) is 0 Å². The second-order valence-corrected chi connectivity index (χ2v) is 6.07. The lowest BCUT2D eigenvalue weighted by atomic mass is 10.2. The van der Waals surface area contributed by atoms with Crippen molar-refractivity contribution in [3.63, 3.8) is 0 Å². The van der Waals surface area contributed by atoms with Crippen LogP contribution in [-0.4, -0.2) is 30.1 Å². The fourth-order valence-electron chi connectivity index (χ4n) is 2.31. The molecule has 0 N–H and O–H groups in total. The third-order valence-corrected chi connectivity index (χ3v) is 3.98. The van der Waals surface area contributed by atoms with Gasteiger partial charge in [-0.25, -0.2) is 4.98 Å². The Morgan fingerprint density at radius 3 is 2.75 bits per heavy atom. The Morgan fingerprint density at radius 2 is 2.00 bits per heavy atom. The Kier molecular flexibility index (Phi) is 3.89. The lowest BCUT2D eigenvalue weighted by molar-refractivity contribution is 0.171. The Morgan fingerprint density at radius 1 is 1.20 bits per heavy atom. The van der Waals surface area contributed by atoms with Crippen LogP contribution in [0.3, 0.4) is 0 Å². The zero-order valence-electron chi connectivity index (χ0n) is 11.8. The molecule has 1 aliphatic rings. The molecule has 0 radical (unpaired) electrons. The number of hydrogen-bond acceptors (Lipinski definition) is 5. The van der Waals surface area contributed by atoms with Gasteiger partial charge in [0.05, 0.1) is 10.7 Å². The summed E-state index contributed by atoms with van der Waals surface area (Å²) in [6.45, 7) is 5.03. The number of thiazole rings is 1. The smallest absolute Gasteiger partial charge is 0.161 e. The van der Waals surface area contributed by atoms with E-state index in [1.54, 1.807) is 11.3 Å². The Labute approximate surface area is 123 Å². The topological polar surface area (TPSA) is 34.6 Å². The van der Waals surface area contributed by atoms with Gasteiger partial charge in [0.15, 0.2) is 11.5 Å². The summed E-state index contributed by atoms with van der Waals surface area (Å²) in [7, 11) is 2.10. The van der Waals surface area contributed by atoms with E-state index in [4.69, 9.17) is 9.47 Å². The molecule has 0 saturated carbocycles. The van der Waals surface area contributed by atoms with Crippen LogP contribution in [0.15, 0.2) is 23.6 Å². The van der Waals surface area contributed by atoms with Gasteiger partial charge in [0, 0.05) is 18.5 Å². The maximum absolute atomic E-state index is 5.61. The van der Waals surface area contributed by atoms with Crippen molar-refractivity contribution in [2.45, 2.75) is 20.0 Å². The Bertz CT molecular complexity index is 597. The summed E-state index contributed by atoms with van der Waals surface area (Å²) in [4.78, 5) is 6.74. The highest BCUT2D eigenvalue weighted by atomic mass is 32.1. The molecule has 1 aromatic heterocycles. The number of nitrogens with zero attached hydrogens (tertiary/aromatic N) is 2. The molecular weight excluding hydrogens is 272 g/mol. The van der Waals surface area contributed by atoms with Gasteiger partial charge in [-0.05, 0) is 31.7 Å². The SMILES string of the molecule is Cc1nc(CN(C)Cc2ccc3c(c2)OCCO3)cs1. The van der Waals surface area contributed by atoms with Gasteiger partial charge in [0.1, 0.15) is 13.2 Å². The standard InChI is InChI=1S/C15H18N2O2S/c1-11-16-13(10-20-11)9-17(2)8-12-3-4-14-15(7-12)19-6-5-18-14/h3-4,7,10H,5-6,8-9H2,1-2H3. The van der Waals surface area contributed by atoms with Crippen molar-refractivity contribution in [2.24, 2.45) is 0 Å². The Hall–Kier alpha value is -1.59. The maximum atomic E-state index is 5.61. The van der Waals surface area contributed by atoms with Crippen LogP contribution in [0.5, 0.6) is 11.5 Å². The minimum Gasteiger partial charge on any atom is -0.486 e. The molecule has 3 rings (SSSR count). The molecule has 2 heterocycles. The van der Waals surface area contributed by atoms with Gasteiger partial charge in [-0.1, -0.05) is 6.07 Å². The largest absolute Gasteiger partial charge is 0.486 e. The fourth-order valence-corrected chi connectivity index (χ4v) is 2.91. The number of benzene rings is 1. The van der Waals surface area contributed by atoms with Crippen LogP contribution >= 0.6 is 11.3 Å². The van der Waals surface area contributed by atoms with Crippen molar-refractivity contribution >= 4 is 11.3 Å². The molecule has 0 saturated heterocycles. The molecule has 0 bridgehead atoms. The van der Waals surface area contributed by atoms with Crippen molar-refractivity contribution in [3.05, 3.63) is 39.8 Å². The highest BCUT2D eigenvalue weighted by molar-refractivity contribution is 7.09. The van der Waals surface area contributed by atoms with E-state index in [9.17, 15) is 0 Å². The van der Waals surface area contributed by atoms with E-state index in [0.717, 1.165) is 35.3 Å². The van der Waals surface area contributed by atoms with Gasteiger partial charge < -0.3 is 9.47 Å². The molecule has 1 aromatic carbocycles. The third-order valence-electron chi connectivity index (χ3n) is 3.16. The fraction of sp³-hybridized carbons (Fsp3) is 0.400. The van der Waals surface area contributed by atoms with Crippen molar-refractivity contribution < 1.29 is 9.47 Å². The summed E-state index contributed by atoms with van der Waals surface area (Å²) in [5.74, 6) is 1.70. The first kappa shape index (κ1) is 13.4. The highest BCUT2D eigenvalue weighted by Gasteiger charge is 2.12. The Balaban J connectivity index is 1.65. The number of rotatable bonds is 4. The summed E-state index contributed by atoms with van der Waals surface area (Å²) >= 11 is 1.70. The van der Waals surface area contributed by atoms with Crippen LogP contribution in [-0.2, 0) is 13.1 Å². The molecule has 0 fully saturated rings. The molecule has 1 aliphatic heterocycles. The second-order valence-electron chi connectivity index (χ2n) is 5.01. The average Bonchev–Trinajstić information content (AvgIpc) is 2.83. The summed E-state index contributed by atoms with van der Waals surface area (Å²) in [5.41, 5.74) is 2.36. The van der Waals surface area contributed by atoms with E-state index in [2.05, 4.69) is 34.4 Å². The van der Waals surface area contributed by atoms with Crippen molar-refractivity contribution in [1.29, 1.82) is 0 Å². The highest BCUT2D eigenvalue weighted by Crippen LogP contribution is 2.31. The van der Waals surface area contributed by atoms with E-state index in [1.807, 2.05) is 13.0 Å². The quantitative estimate of drug-likeness (QED) is 0.867. The maximum Gasteiger partial charge on any atom is 0.161 e. The zero-order valence-corrected chi connectivity index (χ0v) is 12.6. The van der Waals surface area contributed by atoms with Gasteiger partial charge in [-0.15, -0.1) is 11.3 Å². The second kappa shape index (κ2) is 5.81. The van der Waals surface area contributed by atoms with Crippen molar-refractivity contribution in [3.8, 4) is 11.5 Å². The van der Waals surface area contributed by atoms with Crippen LogP contribution in [0.1, 0.15) is 16.3 Å².